The average Bonchev–Trinajstić information content (AvgIpc) is 2.67. The SMILES string of the molecule is CCCOc1ccc(C(=O)Nc2ccc(C(C)C(=O)O)cc2)cc1OCC. The van der Waals surface area contributed by atoms with E-state index in [2.05, 4.69) is 5.32 Å². The lowest BCUT2D eigenvalue weighted by Gasteiger charge is -2.13. The van der Waals surface area contributed by atoms with Gasteiger partial charge in [0.2, 0.25) is 0 Å². The Morgan fingerprint density at radius 1 is 1.04 bits per heavy atom. The highest BCUT2D eigenvalue weighted by Gasteiger charge is 2.15. The third kappa shape index (κ3) is 5.48. The second-order valence-corrected chi connectivity index (χ2v) is 6.08. The van der Waals surface area contributed by atoms with E-state index >= 15 is 0 Å². The van der Waals surface area contributed by atoms with Crippen molar-refractivity contribution in [2.75, 3.05) is 18.5 Å². The predicted octanol–water partition coefficient (Wildman–Crippen LogP) is 4.31. The molecule has 0 heterocycles. The van der Waals surface area contributed by atoms with E-state index < -0.39 is 11.9 Å². The van der Waals surface area contributed by atoms with Gasteiger partial charge in [0.25, 0.3) is 5.91 Å². The molecule has 0 aliphatic heterocycles. The molecule has 1 unspecified atom stereocenters. The van der Waals surface area contributed by atoms with Crippen molar-refractivity contribution < 1.29 is 24.2 Å². The van der Waals surface area contributed by atoms with E-state index in [0.29, 0.717) is 41.5 Å². The molecule has 2 aromatic rings. The fourth-order valence-electron chi connectivity index (χ4n) is 2.45. The number of carboxylic acid groups (broad SMARTS) is 1. The molecule has 0 radical (unpaired) electrons. The maximum atomic E-state index is 12.5. The van der Waals surface area contributed by atoms with E-state index in [9.17, 15) is 9.59 Å². The van der Waals surface area contributed by atoms with Gasteiger partial charge in [-0.25, -0.2) is 0 Å². The summed E-state index contributed by atoms with van der Waals surface area (Å²) in [4.78, 5) is 23.6. The molecule has 0 aromatic heterocycles. The van der Waals surface area contributed by atoms with Gasteiger partial charge in [0.15, 0.2) is 11.5 Å². The van der Waals surface area contributed by atoms with Crippen molar-refractivity contribution in [1.82, 2.24) is 0 Å². The van der Waals surface area contributed by atoms with Crippen molar-refractivity contribution in [2.45, 2.75) is 33.1 Å². The molecule has 1 amide bonds. The van der Waals surface area contributed by atoms with Crippen LogP contribution in [0.5, 0.6) is 11.5 Å². The van der Waals surface area contributed by atoms with Crippen molar-refractivity contribution in [3.05, 3.63) is 53.6 Å². The summed E-state index contributed by atoms with van der Waals surface area (Å²) in [5.41, 5.74) is 1.72. The standard InChI is InChI=1S/C21H25NO5/c1-4-12-27-18-11-8-16(13-19(18)26-5-2)20(23)22-17-9-6-15(7-10-17)14(3)21(24)25/h6-11,13-14H,4-5,12H2,1-3H3,(H,22,23)(H,24,25). The number of ether oxygens (including phenoxy) is 2. The Morgan fingerprint density at radius 2 is 1.74 bits per heavy atom. The van der Waals surface area contributed by atoms with Crippen LogP contribution in [-0.4, -0.2) is 30.2 Å². The zero-order valence-electron chi connectivity index (χ0n) is 15.8. The topological polar surface area (TPSA) is 84.9 Å². The number of carbonyl (C=O) groups is 2. The lowest BCUT2D eigenvalue weighted by Crippen LogP contribution is -2.13. The average molecular weight is 371 g/mol. The summed E-state index contributed by atoms with van der Waals surface area (Å²) in [6, 6.07) is 11.8. The van der Waals surface area contributed by atoms with Crippen LogP contribution in [0, 0.1) is 0 Å². The number of carbonyl (C=O) groups excluding carboxylic acids is 1. The normalized spacial score (nSPS) is 11.5. The van der Waals surface area contributed by atoms with Gasteiger partial charge in [-0.2, -0.15) is 0 Å². The van der Waals surface area contributed by atoms with Crippen LogP contribution in [-0.2, 0) is 4.79 Å². The van der Waals surface area contributed by atoms with Gasteiger partial charge in [0, 0.05) is 11.3 Å². The molecule has 144 valence electrons. The summed E-state index contributed by atoms with van der Waals surface area (Å²) in [6.07, 6.45) is 0.879. The van der Waals surface area contributed by atoms with Crippen LogP contribution in [0.25, 0.3) is 0 Å². The van der Waals surface area contributed by atoms with Crippen molar-refractivity contribution in [3.8, 4) is 11.5 Å². The van der Waals surface area contributed by atoms with Gasteiger partial charge in [-0.1, -0.05) is 19.1 Å². The van der Waals surface area contributed by atoms with Gasteiger partial charge >= 0.3 is 5.97 Å². The molecule has 0 aliphatic carbocycles. The van der Waals surface area contributed by atoms with Gasteiger partial charge in [-0.05, 0) is 56.2 Å². The quantitative estimate of drug-likeness (QED) is 0.686. The molecule has 27 heavy (non-hydrogen) atoms. The minimum absolute atomic E-state index is 0.281. The Kier molecular flexibility index (Phi) is 7.23. The molecule has 2 rings (SSSR count). The van der Waals surface area contributed by atoms with E-state index in [1.807, 2.05) is 13.8 Å². The largest absolute Gasteiger partial charge is 0.490 e. The van der Waals surface area contributed by atoms with Gasteiger partial charge in [0.05, 0.1) is 19.1 Å². The Balaban J connectivity index is 2.12. The van der Waals surface area contributed by atoms with E-state index in [1.54, 1.807) is 49.4 Å². The molecule has 2 aromatic carbocycles. The van der Waals surface area contributed by atoms with Crippen LogP contribution in [0.2, 0.25) is 0 Å². The maximum absolute atomic E-state index is 12.5. The number of nitrogens with one attached hydrogen (secondary N) is 1. The van der Waals surface area contributed by atoms with Crippen molar-refractivity contribution in [1.29, 1.82) is 0 Å². The van der Waals surface area contributed by atoms with Crippen molar-refractivity contribution in [2.24, 2.45) is 0 Å². The third-order valence-corrected chi connectivity index (χ3v) is 4.01. The molecule has 6 nitrogen and oxygen atoms in total. The molecule has 6 heteroatoms. The molecule has 0 bridgehead atoms. The smallest absolute Gasteiger partial charge is 0.310 e. The fourth-order valence-corrected chi connectivity index (χ4v) is 2.45. The molecular weight excluding hydrogens is 346 g/mol. The van der Waals surface area contributed by atoms with E-state index in [0.717, 1.165) is 6.42 Å². The number of hydrogen-bond acceptors (Lipinski definition) is 4. The Bertz CT molecular complexity index is 786. The zero-order chi connectivity index (χ0) is 19.8. The van der Waals surface area contributed by atoms with E-state index in [1.165, 1.54) is 0 Å². The molecule has 0 aliphatic rings. The van der Waals surface area contributed by atoms with Crippen LogP contribution in [0.4, 0.5) is 5.69 Å². The molecule has 1 atom stereocenters. The number of carboxylic acids is 1. The fraction of sp³-hybridized carbons (Fsp3) is 0.333. The lowest BCUT2D eigenvalue weighted by molar-refractivity contribution is -0.138. The van der Waals surface area contributed by atoms with Crippen LogP contribution in [0.1, 0.15) is 49.0 Å². The van der Waals surface area contributed by atoms with Crippen molar-refractivity contribution >= 4 is 17.6 Å². The first-order valence-electron chi connectivity index (χ1n) is 9.00. The number of aliphatic carboxylic acids is 1. The van der Waals surface area contributed by atoms with E-state index in [4.69, 9.17) is 14.6 Å². The van der Waals surface area contributed by atoms with Gasteiger partial charge in [-0.15, -0.1) is 0 Å². The molecule has 2 N–H and O–H groups in total. The zero-order valence-corrected chi connectivity index (χ0v) is 15.8. The van der Waals surface area contributed by atoms with E-state index in [-0.39, 0.29) is 5.91 Å². The molecular formula is C21H25NO5. The second-order valence-electron chi connectivity index (χ2n) is 6.08. The number of anilines is 1. The van der Waals surface area contributed by atoms with Crippen LogP contribution >= 0.6 is 0 Å². The monoisotopic (exact) mass is 371 g/mol. The summed E-state index contributed by atoms with van der Waals surface area (Å²) in [5, 5.41) is 11.9. The first-order chi connectivity index (χ1) is 13.0. The second kappa shape index (κ2) is 9.62. The highest BCUT2D eigenvalue weighted by Crippen LogP contribution is 2.29. The van der Waals surface area contributed by atoms with Gasteiger partial charge < -0.3 is 19.9 Å². The number of benzene rings is 2. The van der Waals surface area contributed by atoms with Crippen LogP contribution in [0.15, 0.2) is 42.5 Å². The summed E-state index contributed by atoms with van der Waals surface area (Å²) in [5.74, 6) is -0.622. The maximum Gasteiger partial charge on any atom is 0.310 e. The Labute approximate surface area is 159 Å². The third-order valence-electron chi connectivity index (χ3n) is 4.01. The highest BCUT2D eigenvalue weighted by molar-refractivity contribution is 6.04. The van der Waals surface area contributed by atoms with Gasteiger partial charge in [-0.3, -0.25) is 9.59 Å². The van der Waals surface area contributed by atoms with Crippen molar-refractivity contribution in [3.63, 3.8) is 0 Å². The van der Waals surface area contributed by atoms with Crippen LogP contribution < -0.4 is 14.8 Å². The Morgan fingerprint density at radius 3 is 2.33 bits per heavy atom. The summed E-state index contributed by atoms with van der Waals surface area (Å²) in [7, 11) is 0. The van der Waals surface area contributed by atoms with Crippen LogP contribution in [0.3, 0.4) is 0 Å². The molecule has 0 saturated heterocycles. The summed E-state index contributed by atoms with van der Waals surface area (Å²) in [6.45, 7) is 6.55. The molecule has 0 saturated carbocycles. The highest BCUT2D eigenvalue weighted by atomic mass is 16.5. The number of rotatable bonds is 9. The predicted molar refractivity (Wildman–Crippen MR) is 104 cm³/mol. The molecule has 0 spiro atoms. The van der Waals surface area contributed by atoms with Gasteiger partial charge in [0.1, 0.15) is 0 Å². The minimum Gasteiger partial charge on any atom is -0.490 e. The first-order valence-corrected chi connectivity index (χ1v) is 9.00. The Hall–Kier alpha value is -3.02. The number of hydrogen-bond donors (Lipinski definition) is 2. The first kappa shape index (κ1) is 20.3. The summed E-state index contributed by atoms with van der Waals surface area (Å²) < 4.78 is 11.2. The number of amides is 1. The molecule has 0 fully saturated rings. The minimum atomic E-state index is -0.888. The summed E-state index contributed by atoms with van der Waals surface area (Å²) >= 11 is 0. The lowest BCUT2D eigenvalue weighted by atomic mass is 10.0.